The van der Waals surface area contributed by atoms with Gasteiger partial charge in [0, 0.05) is 25.0 Å². The Kier molecular flexibility index (Phi) is 7.59. The van der Waals surface area contributed by atoms with E-state index < -0.39 is 6.04 Å². The molecule has 5 heteroatoms. The minimum Gasteiger partial charge on any atom is -0.354 e. The van der Waals surface area contributed by atoms with Crippen LogP contribution in [0.15, 0.2) is 0 Å². The maximum atomic E-state index is 11.6. The second-order valence-electron chi connectivity index (χ2n) is 5.51. The largest absolute Gasteiger partial charge is 0.354 e. The van der Waals surface area contributed by atoms with Gasteiger partial charge < -0.3 is 16.0 Å². The van der Waals surface area contributed by atoms with Crippen molar-refractivity contribution in [3.05, 3.63) is 0 Å². The molecule has 0 saturated heterocycles. The van der Waals surface area contributed by atoms with E-state index in [1.165, 1.54) is 0 Å². The van der Waals surface area contributed by atoms with Crippen LogP contribution in [0.5, 0.6) is 0 Å². The summed E-state index contributed by atoms with van der Waals surface area (Å²) in [5.41, 5.74) is 0.00436. The van der Waals surface area contributed by atoms with Gasteiger partial charge in [-0.25, -0.2) is 0 Å². The number of hydrogen-bond acceptors (Lipinski definition) is 3. The summed E-state index contributed by atoms with van der Waals surface area (Å²) in [5, 5.41) is 8.66. The molecule has 106 valence electrons. The molecule has 0 aromatic rings. The normalized spacial score (nSPS) is 12.9. The molecule has 0 aliphatic heterocycles. The van der Waals surface area contributed by atoms with Crippen LogP contribution in [0.1, 0.15) is 47.5 Å². The molecular formula is C13H27N3O2. The van der Waals surface area contributed by atoms with Crippen LogP contribution in [0.25, 0.3) is 0 Å². The lowest BCUT2D eigenvalue weighted by atomic mass is 10.1. The van der Waals surface area contributed by atoms with E-state index >= 15 is 0 Å². The van der Waals surface area contributed by atoms with Gasteiger partial charge in [-0.1, -0.05) is 6.92 Å². The van der Waals surface area contributed by atoms with E-state index in [2.05, 4.69) is 16.0 Å². The van der Waals surface area contributed by atoms with Crippen LogP contribution in [0.4, 0.5) is 0 Å². The summed E-state index contributed by atoms with van der Waals surface area (Å²) < 4.78 is 0. The topological polar surface area (TPSA) is 70.2 Å². The number of amides is 2. The zero-order valence-electron chi connectivity index (χ0n) is 12.2. The Labute approximate surface area is 110 Å². The Morgan fingerprint density at radius 3 is 2.28 bits per heavy atom. The van der Waals surface area contributed by atoms with E-state index in [1.54, 1.807) is 6.92 Å². The number of nitrogens with one attached hydrogen (secondary N) is 3. The molecule has 0 aliphatic rings. The molecule has 0 radical (unpaired) electrons. The highest BCUT2D eigenvalue weighted by molar-refractivity contribution is 5.87. The Morgan fingerprint density at radius 1 is 1.17 bits per heavy atom. The second kappa shape index (κ2) is 8.08. The number of hydrogen-bond donors (Lipinski definition) is 3. The van der Waals surface area contributed by atoms with Crippen molar-refractivity contribution in [2.24, 2.45) is 0 Å². The lowest BCUT2D eigenvalue weighted by Gasteiger charge is -2.20. The van der Waals surface area contributed by atoms with E-state index in [0.717, 1.165) is 6.42 Å². The van der Waals surface area contributed by atoms with Crippen LogP contribution in [-0.2, 0) is 9.59 Å². The third-order valence-electron chi connectivity index (χ3n) is 2.33. The average Bonchev–Trinajstić information content (AvgIpc) is 2.23. The van der Waals surface area contributed by atoms with E-state index in [-0.39, 0.29) is 17.4 Å². The standard InChI is InChI=1S/C13H27N3O2/c1-6-8-14-12(18)10(2)16-11(17)7-9-15-13(3,4)5/h10,15H,6-9H2,1-5H3,(H,14,18)(H,16,17). The quantitative estimate of drug-likeness (QED) is 0.631. The third kappa shape index (κ3) is 8.98. The fourth-order valence-corrected chi connectivity index (χ4v) is 1.33. The fraction of sp³-hybridized carbons (Fsp3) is 0.846. The lowest BCUT2D eigenvalue weighted by Crippen LogP contribution is -2.46. The average molecular weight is 257 g/mol. The highest BCUT2D eigenvalue weighted by atomic mass is 16.2. The predicted octanol–water partition coefficient (Wildman–Crippen LogP) is 0.796. The molecule has 18 heavy (non-hydrogen) atoms. The van der Waals surface area contributed by atoms with Gasteiger partial charge in [-0.2, -0.15) is 0 Å². The first-order valence-electron chi connectivity index (χ1n) is 6.58. The Hall–Kier alpha value is -1.10. The fourth-order valence-electron chi connectivity index (χ4n) is 1.33. The van der Waals surface area contributed by atoms with Gasteiger partial charge in [0.1, 0.15) is 6.04 Å². The predicted molar refractivity (Wildman–Crippen MR) is 73.3 cm³/mol. The first-order valence-corrected chi connectivity index (χ1v) is 6.58. The summed E-state index contributed by atoms with van der Waals surface area (Å²) in [6.07, 6.45) is 1.27. The summed E-state index contributed by atoms with van der Waals surface area (Å²) in [5.74, 6) is -0.236. The van der Waals surface area contributed by atoms with Crippen molar-refractivity contribution in [2.45, 2.75) is 59.0 Å². The van der Waals surface area contributed by atoms with Crippen LogP contribution in [0, 0.1) is 0 Å². The minimum atomic E-state index is -0.473. The zero-order chi connectivity index (χ0) is 14.2. The molecule has 0 spiro atoms. The zero-order valence-corrected chi connectivity index (χ0v) is 12.2. The van der Waals surface area contributed by atoms with E-state index in [4.69, 9.17) is 0 Å². The molecule has 0 aliphatic carbocycles. The minimum absolute atomic E-state index is 0.00436. The van der Waals surface area contributed by atoms with Crippen molar-refractivity contribution in [1.82, 2.24) is 16.0 Å². The molecule has 1 atom stereocenters. The second-order valence-corrected chi connectivity index (χ2v) is 5.51. The summed E-state index contributed by atoms with van der Waals surface area (Å²) in [4.78, 5) is 23.1. The molecule has 3 N–H and O–H groups in total. The third-order valence-corrected chi connectivity index (χ3v) is 2.33. The van der Waals surface area contributed by atoms with Gasteiger partial charge in [0.25, 0.3) is 0 Å². The molecule has 0 aromatic carbocycles. The Bertz CT molecular complexity index is 272. The van der Waals surface area contributed by atoms with E-state index in [1.807, 2.05) is 27.7 Å². The van der Waals surface area contributed by atoms with Crippen LogP contribution in [-0.4, -0.2) is 36.5 Å². The number of carbonyl (C=O) groups excluding carboxylic acids is 2. The number of carbonyl (C=O) groups is 2. The van der Waals surface area contributed by atoms with Crippen molar-refractivity contribution in [1.29, 1.82) is 0 Å². The van der Waals surface area contributed by atoms with Gasteiger partial charge in [0.05, 0.1) is 0 Å². The molecule has 1 unspecified atom stereocenters. The van der Waals surface area contributed by atoms with Crippen LogP contribution < -0.4 is 16.0 Å². The van der Waals surface area contributed by atoms with Crippen LogP contribution in [0.3, 0.4) is 0 Å². The van der Waals surface area contributed by atoms with Gasteiger partial charge >= 0.3 is 0 Å². The highest BCUT2D eigenvalue weighted by Gasteiger charge is 2.15. The van der Waals surface area contributed by atoms with Gasteiger partial charge in [0.15, 0.2) is 0 Å². The summed E-state index contributed by atoms with van der Waals surface area (Å²) >= 11 is 0. The molecule has 0 aromatic heterocycles. The van der Waals surface area contributed by atoms with Gasteiger partial charge in [-0.3, -0.25) is 9.59 Å². The summed E-state index contributed by atoms with van der Waals surface area (Å²) in [7, 11) is 0. The first-order chi connectivity index (χ1) is 8.26. The SMILES string of the molecule is CCCNC(=O)C(C)NC(=O)CCNC(C)(C)C. The summed E-state index contributed by atoms with van der Waals surface area (Å²) in [6.45, 7) is 11.1. The molecule has 5 nitrogen and oxygen atoms in total. The molecule has 0 heterocycles. The lowest BCUT2D eigenvalue weighted by molar-refractivity contribution is -0.128. The van der Waals surface area contributed by atoms with Crippen LogP contribution in [0.2, 0.25) is 0 Å². The smallest absolute Gasteiger partial charge is 0.242 e. The molecule has 0 saturated carbocycles. The highest BCUT2D eigenvalue weighted by Crippen LogP contribution is 1.98. The molecule has 0 fully saturated rings. The van der Waals surface area contributed by atoms with E-state index in [9.17, 15) is 9.59 Å². The van der Waals surface area contributed by atoms with Gasteiger partial charge in [0.2, 0.25) is 11.8 Å². The molecular weight excluding hydrogens is 230 g/mol. The van der Waals surface area contributed by atoms with Crippen molar-refractivity contribution >= 4 is 11.8 Å². The van der Waals surface area contributed by atoms with Gasteiger partial charge in [-0.05, 0) is 34.1 Å². The molecule has 2 amide bonds. The van der Waals surface area contributed by atoms with Crippen molar-refractivity contribution in [2.75, 3.05) is 13.1 Å². The maximum absolute atomic E-state index is 11.6. The van der Waals surface area contributed by atoms with Gasteiger partial charge in [-0.15, -0.1) is 0 Å². The monoisotopic (exact) mass is 257 g/mol. The maximum Gasteiger partial charge on any atom is 0.242 e. The van der Waals surface area contributed by atoms with Crippen LogP contribution >= 0.6 is 0 Å². The van der Waals surface area contributed by atoms with E-state index in [0.29, 0.717) is 19.5 Å². The van der Waals surface area contributed by atoms with Crippen molar-refractivity contribution < 1.29 is 9.59 Å². The van der Waals surface area contributed by atoms with Crippen molar-refractivity contribution in [3.8, 4) is 0 Å². The Balaban J connectivity index is 3.83. The molecule has 0 bridgehead atoms. The first kappa shape index (κ1) is 16.9. The van der Waals surface area contributed by atoms with Crippen molar-refractivity contribution in [3.63, 3.8) is 0 Å². The summed E-state index contributed by atoms with van der Waals surface area (Å²) in [6, 6.07) is -0.473. The number of rotatable bonds is 7. The molecule has 0 rings (SSSR count). The Morgan fingerprint density at radius 2 is 1.78 bits per heavy atom.